The van der Waals surface area contributed by atoms with E-state index in [0.29, 0.717) is 13.2 Å². The Labute approximate surface area is 103 Å². The van der Waals surface area contributed by atoms with Crippen LogP contribution in [0.3, 0.4) is 0 Å². The van der Waals surface area contributed by atoms with Gasteiger partial charge in [-0.25, -0.2) is 18.1 Å². The van der Waals surface area contributed by atoms with Crippen LogP contribution in [0.15, 0.2) is 10.4 Å². The van der Waals surface area contributed by atoms with E-state index in [1.807, 2.05) is 0 Å². The molecule has 0 aliphatic carbocycles. The molecule has 1 aromatic heterocycles. The summed E-state index contributed by atoms with van der Waals surface area (Å²) >= 11 is 6.52. The molecule has 0 bridgehead atoms. The maximum Gasteiger partial charge on any atom is 0.251 e. The van der Waals surface area contributed by atoms with E-state index in [1.54, 1.807) is 0 Å². The molecule has 1 atom stereocenters. The minimum Gasteiger partial charge on any atom is -0.377 e. The van der Waals surface area contributed by atoms with Crippen LogP contribution in [-0.2, 0) is 14.8 Å². The Balaban J connectivity index is 1.97. The molecular weight excluding hydrogens is 272 g/mol. The predicted octanol–water partition coefficient (Wildman–Crippen LogP) is 1.25. The summed E-state index contributed by atoms with van der Waals surface area (Å²) in [5.74, 6) is 0. The molecule has 0 saturated carbocycles. The van der Waals surface area contributed by atoms with Gasteiger partial charge in [0.05, 0.1) is 12.3 Å². The van der Waals surface area contributed by atoms with Crippen molar-refractivity contribution in [3.63, 3.8) is 0 Å². The highest BCUT2D eigenvalue weighted by Gasteiger charge is 2.21. The van der Waals surface area contributed by atoms with Gasteiger partial charge in [0.25, 0.3) is 10.0 Å². The third kappa shape index (κ3) is 2.92. The zero-order valence-corrected chi connectivity index (χ0v) is 10.7. The van der Waals surface area contributed by atoms with Crippen LogP contribution in [0.25, 0.3) is 0 Å². The number of halogens is 1. The van der Waals surface area contributed by atoms with Gasteiger partial charge in [-0.1, -0.05) is 22.9 Å². The molecule has 0 amide bonds. The lowest BCUT2D eigenvalue weighted by Crippen LogP contribution is -2.31. The maximum atomic E-state index is 11.7. The number of ether oxygens (including phenoxy) is 1. The van der Waals surface area contributed by atoms with Crippen LogP contribution in [0.1, 0.15) is 12.8 Å². The molecule has 1 saturated heterocycles. The molecule has 0 spiro atoms. The predicted molar refractivity (Wildman–Crippen MR) is 61.3 cm³/mol. The molecule has 16 heavy (non-hydrogen) atoms. The second kappa shape index (κ2) is 4.97. The first-order chi connectivity index (χ1) is 7.58. The van der Waals surface area contributed by atoms with Gasteiger partial charge in [0.1, 0.15) is 0 Å². The first-order valence-corrected chi connectivity index (χ1v) is 7.48. The van der Waals surface area contributed by atoms with Gasteiger partial charge in [0, 0.05) is 13.2 Å². The fourth-order valence-corrected chi connectivity index (χ4v) is 3.85. The van der Waals surface area contributed by atoms with E-state index < -0.39 is 10.0 Å². The molecule has 2 rings (SSSR count). The Hall–Kier alpha value is -0.210. The van der Waals surface area contributed by atoms with Gasteiger partial charge in [-0.2, -0.15) is 0 Å². The summed E-state index contributed by atoms with van der Waals surface area (Å²) in [5.41, 5.74) is 0. The molecule has 5 nitrogen and oxygen atoms in total. The minimum absolute atomic E-state index is 0.0156. The standard InChI is InChI=1S/C8H11ClN2O3S2/c9-8-10-5-7(15-8)16(12,13)11-4-6-2-1-3-14-6/h5-6,11H,1-4H2. The lowest BCUT2D eigenvalue weighted by Gasteiger charge is -2.09. The lowest BCUT2D eigenvalue weighted by atomic mass is 10.2. The van der Waals surface area contributed by atoms with Crippen LogP contribution in [0.2, 0.25) is 4.47 Å². The Morgan fingerprint density at radius 2 is 2.50 bits per heavy atom. The third-order valence-corrected chi connectivity index (χ3v) is 5.25. The summed E-state index contributed by atoms with van der Waals surface area (Å²) in [7, 11) is -3.49. The van der Waals surface area contributed by atoms with Gasteiger partial charge in [0.15, 0.2) is 8.68 Å². The number of aromatic nitrogens is 1. The summed E-state index contributed by atoms with van der Waals surface area (Å²) in [6.07, 6.45) is 3.12. The number of thiazole rings is 1. The first kappa shape index (κ1) is 12.3. The molecule has 1 aliphatic heterocycles. The van der Waals surface area contributed by atoms with Crippen molar-refractivity contribution in [1.29, 1.82) is 0 Å². The molecule has 1 aromatic rings. The minimum atomic E-state index is -3.49. The van der Waals surface area contributed by atoms with Crippen molar-refractivity contribution in [3.05, 3.63) is 10.7 Å². The van der Waals surface area contributed by atoms with E-state index in [4.69, 9.17) is 16.3 Å². The Bertz CT molecular complexity index is 454. The van der Waals surface area contributed by atoms with E-state index in [9.17, 15) is 8.42 Å². The van der Waals surface area contributed by atoms with Gasteiger partial charge in [-0.3, -0.25) is 0 Å². The lowest BCUT2D eigenvalue weighted by molar-refractivity contribution is 0.114. The quantitative estimate of drug-likeness (QED) is 0.903. The summed E-state index contributed by atoms with van der Waals surface area (Å²) in [5, 5.41) is 0. The average molecular weight is 283 g/mol. The SMILES string of the molecule is O=S(=O)(NCC1CCCO1)c1cnc(Cl)s1. The summed E-state index contributed by atoms with van der Waals surface area (Å²) in [6.45, 7) is 1.01. The molecule has 1 N–H and O–H groups in total. The summed E-state index contributed by atoms with van der Waals surface area (Å²) in [6, 6.07) is 0. The van der Waals surface area contributed by atoms with E-state index in [1.165, 1.54) is 6.20 Å². The van der Waals surface area contributed by atoms with Crippen molar-refractivity contribution >= 4 is 33.0 Å². The normalized spacial score (nSPS) is 21.4. The van der Waals surface area contributed by atoms with Gasteiger partial charge in [0.2, 0.25) is 0 Å². The highest BCUT2D eigenvalue weighted by atomic mass is 35.5. The van der Waals surface area contributed by atoms with Gasteiger partial charge < -0.3 is 4.74 Å². The number of hydrogen-bond acceptors (Lipinski definition) is 5. The second-order valence-corrected chi connectivity index (χ2v) is 7.03. The molecular formula is C8H11ClN2O3S2. The van der Waals surface area contributed by atoms with Crippen molar-refractivity contribution in [2.24, 2.45) is 0 Å². The highest BCUT2D eigenvalue weighted by Crippen LogP contribution is 2.22. The molecule has 2 heterocycles. The third-order valence-electron chi connectivity index (χ3n) is 2.25. The molecule has 0 aromatic carbocycles. The van der Waals surface area contributed by atoms with Crippen LogP contribution in [0.4, 0.5) is 0 Å². The van der Waals surface area contributed by atoms with Crippen molar-refractivity contribution < 1.29 is 13.2 Å². The number of nitrogens with one attached hydrogen (secondary N) is 1. The van der Waals surface area contributed by atoms with E-state index in [2.05, 4.69) is 9.71 Å². The van der Waals surface area contributed by atoms with Crippen molar-refractivity contribution in [2.45, 2.75) is 23.2 Å². The van der Waals surface area contributed by atoms with Crippen LogP contribution in [0, 0.1) is 0 Å². The second-order valence-electron chi connectivity index (χ2n) is 3.42. The number of nitrogens with zero attached hydrogens (tertiary/aromatic N) is 1. The number of rotatable bonds is 4. The maximum absolute atomic E-state index is 11.7. The first-order valence-electron chi connectivity index (χ1n) is 4.80. The monoisotopic (exact) mass is 282 g/mol. The largest absolute Gasteiger partial charge is 0.377 e. The van der Waals surface area contributed by atoms with Gasteiger partial charge in [-0.05, 0) is 12.8 Å². The fourth-order valence-electron chi connectivity index (χ4n) is 1.44. The Morgan fingerprint density at radius 3 is 3.06 bits per heavy atom. The molecule has 90 valence electrons. The van der Waals surface area contributed by atoms with Gasteiger partial charge >= 0.3 is 0 Å². The summed E-state index contributed by atoms with van der Waals surface area (Å²) < 4.78 is 31.7. The van der Waals surface area contributed by atoms with Crippen LogP contribution in [0.5, 0.6) is 0 Å². The molecule has 8 heteroatoms. The highest BCUT2D eigenvalue weighted by molar-refractivity contribution is 7.91. The zero-order chi connectivity index (χ0) is 11.6. The van der Waals surface area contributed by atoms with E-state index in [0.717, 1.165) is 24.2 Å². The van der Waals surface area contributed by atoms with Crippen LogP contribution < -0.4 is 4.72 Å². The van der Waals surface area contributed by atoms with Crippen LogP contribution in [-0.4, -0.2) is 32.7 Å². The van der Waals surface area contributed by atoms with Crippen molar-refractivity contribution in [1.82, 2.24) is 9.71 Å². The Morgan fingerprint density at radius 1 is 1.69 bits per heavy atom. The Kier molecular flexibility index (Phi) is 3.81. The zero-order valence-electron chi connectivity index (χ0n) is 8.35. The molecule has 1 fully saturated rings. The van der Waals surface area contributed by atoms with Gasteiger partial charge in [-0.15, -0.1) is 0 Å². The van der Waals surface area contributed by atoms with Crippen molar-refractivity contribution in [2.75, 3.05) is 13.2 Å². The molecule has 1 aliphatic rings. The summed E-state index contributed by atoms with van der Waals surface area (Å²) in [4.78, 5) is 3.70. The van der Waals surface area contributed by atoms with Crippen LogP contribution >= 0.6 is 22.9 Å². The van der Waals surface area contributed by atoms with E-state index >= 15 is 0 Å². The van der Waals surface area contributed by atoms with E-state index in [-0.39, 0.29) is 14.8 Å². The molecule has 1 unspecified atom stereocenters. The van der Waals surface area contributed by atoms with Crippen molar-refractivity contribution in [3.8, 4) is 0 Å². The fraction of sp³-hybridized carbons (Fsp3) is 0.625. The number of sulfonamides is 1. The number of hydrogen-bond donors (Lipinski definition) is 1. The smallest absolute Gasteiger partial charge is 0.251 e. The topological polar surface area (TPSA) is 68.3 Å². The molecule has 0 radical (unpaired) electrons. The average Bonchev–Trinajstić information content (AvgIpc) is 2.85.